The summed E-state index contributed by atoms with van der Waals surface area (Å²) in [6.07, 6.45) is 3.51. The zero-order chi connectivity index (χ0) is 13.2. The highest BCUT2D eigenvalue weighted by Gasteiger charge is 2.12. The Morgan fingerprint density at radius 3 is 2.78 bits per heavy atom. The van der Waals surface area contributed by atoms with Crippen LogP contribution in [-0.4, -0.2) is 39.4 Å². The molecule has 0 aliphatic carbocycles. The summed E-state index contributed by atoms with van der Waals surface area (Å²) >= 11 is 0. The standard InChI is InChI=1S/C10H15N5O2S/c1-2-4-18(16,17)5-3-15-7-14-8-9(11)12-6-13-10(8)15/h6-7H,2-5H2,1H3,(H2,11,12,13). The second kappa shape index (κ2) is 4.89. The Bertz CT molecular complexity index is 649. The van der Waals surface area contributed by atoms with Gasteiger partial charge in [0.2, 0.25) is 0 Å². The summed E-state index contributed by atoms with van der Waals surface area (Å²) in [5, 5.41) is 0. The number of hydrogen-bond acceptors (Lipinski definition) is 6. The summed E-state index contributed by atoms with van der Waals surface area (Å²) in [4.78, 5) is 12.0. The van der Waals surface area contributed by atoms with Crippen LogP contribution in [0.15, 0.2) is 12.7 Å². The number of nitrogens with two attached hydrogens (primary N) is 1. The minimum Gasteiger partial charge on any atom is -0.382 e. The maximum atomic E-state index is 11.6. The number of aryl methyl sites for hydroxylation is 1. The van der Waals surface area contributed by atoms with Crippen LogP contribution in [0, 0.1) is 0 Å². The van der Waals surface area contributed by atoms with E-state index in [0.717, 1.165) is 0 Å². The van der Waals surface area contributed by atoms with Crippen LogP contribution < -0.4 is 5.73 Å². The van der Waals surface area contributed by atoms with Crippen LogP contribution in [0.2, 0.25) is 0 Å². The summed E-state index contributed by atoms with van der Waals surface area (Å²) in [5.41, 5.74) is 6.72. The Morgan fingerprint density at radius 1 is 1.28 bits per heavy atom. The van der Waals surface area contributed by atoms with Gasteiger partial charge in [-0.05, 0) is 6.42 Å². The van der Waals surface area contributed by atoms with E-state index in [9.17, 15) is 8.42 Å². The van der Waals surface area contributed by atoms with Crippen molar-refractivity contribution in [3.05, 3.63) is 12.7 Å². The van der Waals surface area contributed by atoms with Crippen molar-refractivity contribution in [1.29, 1.82) is 0 Å². The number of nitrogen functional groups attached to an aromatic ring is 1. The molecule has 0 aliphatic heterocycles. The molecule has 0 unspecified atom stereocenters. The van der Waals surface area contributed by atoms with Gasteiger partial charge in [0.25, 0.3) is 0 Å². The molecule has 0 aliphatic rings. The maximum absolute atomic E-state index is 11.6. The van der Waals surface area contributed by atoms with Crippen LogP contribution in [-0.2, 0) is 16.4 Å². The number of aromatic nitrogens is 4. The maximum Gasteiger partial charge on any atom is 0.165 e. The van der Waals surface area contributed by atoms with Gasteiger partial charge in [-0.25, -0.2) is 23.4 Å². The van der Waals surface area contributed by atoms with Gasteiger partial charge in [-0.2, -0.15) is 0 Å². The van der Waals surface area contributed by atoms with Crippen molar-refractivity contribution >= 4 is 26.8 Å². The summed E-state index contributed by atoms with van der Waals surface area (Å²) in [6.45, 7) is 2.17. The lowest BCUT2D eigenvalue weighted by Crippen LogP contribution is -2.15. The molecular formula is C10H15N5O2S. The van der Waals surface area contributed by atoms with E-state index in [-0.39, 0.29) is 11.5 Å². The number of sulfone groups is 1. The van der Waals surface area contributed by atoms with E-state index in [0.29, 0.717) is 29.9 Å². The van der Waals surface area contributed by atoms with Crippen molar-refractivity contribution in [2.75, 3.05) is 17.2 Å². The highest BCUT2D eigenvalue weighted by atomic mass is 32.2. The average Bonchev–Trinajstić information content (AvgIpc) is 2.71. The normalized spacial score (nSPS) is 12.1. The molecular weight excluding hydrogens is 254 g/mol. The van der Waals surface area contributed by atoms with Gasteiger partial charge in [-0.15, -0.1) is 0 Å². The molecule has 2 aromatic heterocycles. The lowest BCUT2D eigenvalue weighted by Gasteiger charge is -2.04. The van der Waals surface area contributed by atoms with Crippen LogP contribution in [0.25, 0.3) is 11.2 Å². The lowest BCUT2D eigenvalue weighted by atomic mass is 10.5. The van der Waals surface area contributed by atoms with Crippen LogP contribution in [0.5, 0.6) is 0 Å². The third-order valence-electron chi connectivity index (χ3n) is 2.59. The molecule has 2 aromatic rings. The van der Waals surface area contributed by atoms with Gasteiger partial charge < -0.3 is 10.3 Å². The molecule has 0 radical (unpaired) electrons. The van der Waals surface area contributed by atoms with Gasteiger partial charge in [0.05, 0.1) is 12.1 Å². The van der Waals surface area contributed by atoms with Crippen molar-refractivity contribution in [2.45, 2.75) is 19.9 Å². The average molecular weight is 269 g/mol. The van der Waals surface area contributed by atoms with Gasteiger partial charge in [0, 0.05) is 12.3 Å². The molecule has 0 saturated heterocycles. The van der Waals surface area contributed by atoms with Crippen molar-refractivity contribution < 1.29 is 8.42 Å². The zero-order valence-electron chi connectivity index (χ0n) is 10.1. The third kappa shape index (κ3) is 2.58. The molecule has 2 N–H and O–H groups in total. The van der Waals surface area contributed by atoms with Gasteiger partial charge in [0.1, 0.15) is 11.8 Å². The largest absolute Gasteiger partial charge is 0.382 e. The second-order valence-electron chi connectivity index (χ2n) is 4.02. The predicted molar refractivity (Wildman–Crippen MR) is 68.7 cm³/mol. The first kappa shape index (κ1) is 12.7. The van der Waals surface area contributed by atoms with Crippen molar-refractivity contribution in [3.63, 3.8) is 0 Å². The van der Waals surface area contributed by atoms with Crippen molar-refractivity contribution in [2.24, 2.45) is 0 Å². The zero-order valence-corrected chi connectivity index (χ0v) is 10.9. The number of hydrogen-bond donors (Lipinski definition) is 1. The molecule has 0 atom stereocenters. The Labute approximate surface area is 105 Å². The van der Waals surface area contributed by atoms with Crippen LogP contribution in [0.3, 0.4) is 0 Å². The fraction of sp³-hybridized carbons (Fsp3) is 0.500. The van der Waals surface area contributed by atoms with Gasteiger partial charge in [-0.3, -0.25) is 0 Å². The van der Waals surface area contributed by atoms with Crippen LogP contribution in [0.1, 0.15) is 13.3 Å². The molecule has 8 heteroatoms. The monoisotopic (exact) mass is 269 g/mol. The molecule has 2 heterocycles. The summed E-state index contributed by atoms with van der Waals surface area (Å²) in [7, 11) is -3.01. The van der Waals surface area contributed by atoms with E-state index in [1.54, 1.807) is 4.57 Å². The molecule has 0 saturated carbocycles. The number of fused-ring (bicyclic) bond motifs is 1. The minimum absolute atomic E-state index is 0.0796. The van der Waals surface area contributed by atoms with E-state index in [1.165, 1.54) is 12.7 Å². The molecule has 0 bridgehead atoms. The van der Waals surface area contributed by atoms with Gasteiger partial charge in [0.15, 0.2) is 21.3 Å². The minimum atomic E-state index is -3.01. The highest BCUT2D eigenvalue weighted by Crippen LogP contribution is 2.14. The molecule has 0 fully saturated rings. The van der Waals surface area contributed by atoms with E-state index in [2.05, 4.69) is 15.0 Å². The molecule has 0 aromatic carbocycles. The van der Waals surface area contributed by atoms with Crippen molar-refractivity contribution in [3.8, 4) is 0 Å². The van der Waals surface area contributed by atoms with E-state index >= 15 is 0 Å². The van der Waals surface area contributed by atoms with E-state index in [4.69, 9.17) is 5.73 Å². The first-order chi connectivity index (χ1) is 8.53. The summed E-state index contributed by atoms with van der Waals surface area (Å²) in [6, 6.07) is 0. The fourth-order valence-electron chi connectivity index (χ4n) is 1.71. The second-order valence-corrected chi connectivity index (χ2v) is 6.32. The third-order valence-corrected chi connectivity index (χ3v) is 4.42. The van der Waals surface area contributed by atoms with Crippen LogP contribution in [0.4, 0.5) is 5.82 Å². The first-order valence-electron chi connectivity index (χ1n) is 5.65. The number of imidazole rings is 1. The van der Waals surface area contributed by atoms with E-state index < -0.39 is 9.84 Å². The first-order valence-corrected chi connectivity index (χ1v) is 7.47. The summed E-state index contributed by atoms with van der Waals surface area (Å²) in [5.74, 6) is 0.586. The van der Waals surface area contributed by atoms with Crippen LogP contribution >= 0.6 is 0 Å². The Hall–Kier alpha value is -1.70. The molecule has 0 amide bonds. The molecule has 98 valence electrons. The quantitative estimate of drug-likeness (QED) is 0.833. The number of nitrogens with zero attached hydrogens (tertiary/aromatic N) is 4. The lowest BCUT2D eigenvalue weighted by molar-refractivity contribution is 0.588. The SMILES string of the molecule is CCCS(=O)(=O)CCn1cnc2c(N)ncnc21. The fourth-order valence-corrected chi connectivity index (χ4v) is 3.01. The smallest absolute Gasteiger partial charge is 0.165 e. The van der Waals surface area contributed by atoms with Gasteiger partial charge >= 0.3 is 0 Å². The molecule has 7 nitrogen and oxygen atoms in total. The topological polar surface area (TPSA) is 104 Å². The molecule has 2 rings (SSSR count). The number of anilines is 1. The van der Waals surface area contributed by atoms with Crippen molar-refractivity contribution in [1.82, 2.24) is 19.5 Å². The Balaban J connectivity index is 2.21. The Morgan fingerprint density at radius 2 is 2.06 bits per heavy atom. The van der Waals surface area contributed by atoms with E-state index in [1.807, 2.05) is 6.92 Å². The molecule has 18 heavy (non-hydrogen) atoms. The highest BCUT2D eigenvalue weighted by molar-refractivity contribution is 7.91. The predicted octanol–water partition coefficient (Wildman–Crippen LogP) is 0.233. The molecule has 0 spiro atoms. The van der Waals surface area contributed by atoms with Gasteiger partial charge in [-0.1, -0.05) is 6.92 Å². The number of rotatable bonds is 5. The Kier molecular flexibility index (Phi) is 3.46. The summed E-state index contributed by atoms with van der Waals surface area (Å²) < 4.78 is 25.0.